The molecule has 1 unspecified atom stereocenters. The van der Waals surface area contributed by atoms with E-state index in [1.807, 2.05) is 0 Å². The van der Waals surface area contributed by atoms with Crippen LogP contribution >= 0.6 is 0 Å². The quantitative estimate of drug-likeness (QED) is 0.421. The third kappa shape index (κ3) is 1.01. The highest BCUT2D eigenvalue weighted by atomic mass is 16.3. The highest BCUT2D eigenvalue weighted by Crippen LogP contribution is 1.83. The van der Waals surface area contributed by atoms with Crippen molar-refractivity contribution in [2.24, 2.45) is 4.99 Å². The van der Waals surface area contributed by atoms with E-state index >= 15 is 0 Å². The standard InChI is InChI=1S/C4H5N2O/c7-4-1-2-5-3-6-4/h1-2,4,7H,(H,5,6). The van der Waals surface area contributed by atoms with Gasteiger partial charge in [0.25, 0.3) is 0 Å². The fourth-order valence-corrected chi connectivity index (χ4v) is 0.313. The van der Waals surface area contributed by atoms with E-state index in [1.54, 1.807) is 0 Å². The Hall–Kier alpha value is -0.830. The van der Waals surface area contributed by atoms with Gasteiger partial charge in [0, 0.05) is 6.20 Å². The lowest BCUT2D eigenvalue weighted by Gasteiger charge is -2.03. The molecule has 0 bridgehead atoms. The van der Waals surface area contributed by atoms with E-state index in [9.17, 15) is 0 Å². The molecule has 0 saturated carbocycles. The molecule has 37 valence electrons. The van der Waals surface area contributed by atoms with Crippen molar-refractivity contribution in [3.8, 4) is 0 Å². The molecule has 0 aromatic rings. The Kier molecular flexibility index (Phi) is 1.08. The van der Waals surface area contributed by atoms with Crippen LogP contribution in [0, 0.1) is 0 Å². The summed E-state index contributed by atoms with van der Waals surface area (Å²) in [5.74, 6) is 0. The van der Waals surface area contributed by atoms with E-state index in [0.717, 1.165) is 0 Å². The van der Waals surface area contributed by atoms with Gasteiger partial charge in [-0.2, -0.15) is 0 Å². The largest absolute Gasteiger partial charge is 0.370 e. The molecule has 3 nitrogen and oxygen atoms in total. The molecule has 2 N–H and O–H groups in total. The molecule has 0 fully saturated rings. The van der Waals surface area contributed by atoms with Crippen LogP contribution < -0.4 is 5.32 Å². The first-order valence-electron chi connectivity index (χ1n) is 1.95. The van der Waals surface area contributed by atoms with Crippen LogP contribution in [-0.2, 0) is 0 Å². The predicted molar refractivity (Wildman–Crippen MR) is 25.7 cm³/mol. The molecule has 0 aliphatic carbocycles. The second-order valence-corrected chi connectivity index (χ2v) is 1.17. The maximum atomic E-state index is 8.59. The first kappa shape index (κ1) is 4.33. The zero-order valence-corrected chi connectivity index (χ0v) is 3.63. The lowest BCUT2D eigenvalue weighted by molar-refractivity contribution is 0.209. The van der Waals surface area contributed by atoms with E-state index in [2.05, 4.69) is 16.6 Å². The number of aliphatic hydroxyl groups excluding tert-OH is 1. The molecule has 0 saturated heterocycles. The van der Waals surface area contributed by atoms with Crippen molar-refractivity contribution < 1.29 is 5.11 Å². The Labute approximate surface area is 41.4 Å². The Bertz CT molecular complexity index is 108. The highest BCUT2D eigenvalue weighted by molar-refractivity contribution is 5.57. The van der Waals surface area contributed by atoms with Gasteiger partial charge >= 0.3 is 0 Å². The number of aliphatic imine (C=N–C) groups is 1. The second kappa shape index (κ2) is 1.75. The number of rotatable bonds is 0. The third-order valence-electron chi connectivity index (χ3n) is 0.620. The Morgan fingerprint density at radius 3 is 3.00 bits per heavy atom. The van der Waals surface area contributed by atoms with Crippen molar-refractivity contribution >= 4 is 6.34 Å². The first-order valence-corrected chi connectivity index (χ1v) is 1.95. The van der Waals surface area contributed by atoms with Crippen LogP contribution in [0.4, 0.5) is 0 Å². The molecular weight excluding hydrogens is 92.1 g/mol. The minimum absolute atomic E-state index is 0.600. The van der Waals surface area contributed by atoms with Gasteiger partial charge in [0.1, 0.15) is 6.23 Å². The summed E-state index contributed by atoms with van der Waals surface area (Å²) in [4.78, 5) is 3.53. The molecule has 7 heavy (non-hydrogen) atoms. The van der Waals surface area contributed by atoms with Crippen LogP contribution in [0.25, 0.3) is 0 Å². The van der Waals surface area contributed by atoms with Gasteiger partial charge in [-0.05, 0) is 6.08 Å². The molecule has 3 heteroatoms. The Balaban J connectivity index is 2.49. The maximum absolute atomic E-state index is 8.59. The van der Waals surface area contributed by atoms with E-state index < -0.39 is 6.23 Å². The van der Waals surface area contributed by atoms with Crippen LogP contribution in [0.3, 0.4) is 0 Å². The zero-order valence-electron chi connectivity index (χ0n) is 3.63. The summed E-state index contributed by atoms with van der Waals surface area (Å²) in [5.41, 5.74) is 0. The average Bonchev–Trinajstić information content (AvgIpc) is 1.69. The Morgan fingerprint density at radius 2 is 2.71 bits per heavy atom. The molecule has 1 aliphatic heterocycles. The van der Waals surface area contributed by atoms with Crippen LogP contribution in [0.1, 0.15) is 0 Å². The molecule has 0 spiro atoms. The second-order valence-electron chi connectivity index (χ2n) is 1.17. The molecule has 1 atom stereocenters. The van der Waals surface area contributed by atoms with E-state index in [4.69, 9.17) is 5.11 Å². The lowest BCUT2D eigenvalue weighted by atomic mass is 10.5. The fraction of sp³-hybridized carbons (Fsp3) is 0.250. The van der Waals surface area contributed by atoms with Crippen molar-refractivity contribution in [1.29, 1.82) is 0 Å². The van der Waals surface area contributed by atoms with Crippen molar-refractivity contribution in [1.82, 2.24) is 5.32 Å². The van der Waals surface area contributed by atoms with Crippen LogP contribution in [0.15, 0.2) is 17.3 Å². The van der Waals surface area contributed by atoms with Crippen molar-refractivity contribution in [3.05, 3.63) is 12.3 Å². The number of aliphatic hydroxyl groups is 1. The summed E-state index contributed by atoms with van der Waals surface area (Å²) >= 11 is 0. The van der Waals surface area contributed by atoms with Gasteiger partial charge in [-0.25, -0.2) is 4.99 Å². The summed E-state index contributed by atoms with van der Waals surface area (Å²) in [6.45, 7) is 0. The van der Waals surface area contributed by atoms with E-state index in [1.165, 1.54) is 12.3 Å². The molecule has 1 radical (unpaired) electrons. The van der Waals surface area contributed by atoms with Gasteiger partial charge in [-0.3, -0.25) is 0 Å². The van der Waals surface area contributed by atoms with Crippen LogP contribution in [-0.4, -0.2) is 17.7 Å². The topological polar surface area (TPSA) is 44.6 Å². The minimum atomic E-state index is -0.600. The van der Waals surface area contributed by atoms with Crippen molar-refractivity contribution in [3.63, 3.8) is 0 Å². The minimum Gasteiger partial charge on any atom is -0.370 e. The molecular formula is C4H5N2O. The normalized spacial score (nSPS) is 27.3. The van der Waals surface area contributed by atoms with Crippen LogP contribution in [0.5, 0.6) is 0 Å². The van der Waals surface area contributed by atoms with Gasteiger partial charge in [-0.15, -0.1) is 0 Å². The number of nitrogens with zero attached hydrogens (tertiary/aromatic N) is 1. The molecule has 1 aliphatic rings. The van der Waals surface area contributed by atoms with E-state index in [-0.39, 0.29) is 0 Å². The maximum Gasteiger partial charge on any atom is 0.171 e. The van der Waals surface area contributed by atoms with Gasteiger partial charge in [0.15, 0.2) is 6.34 Å². The summed E-state index contributed by atoms with van der Waals surface area (Å²) in [6.07, 6.45) is 4.78. The highest BCUT2D eigenvalue weighted by Gasteiger charge is 1.94. The summed E-state index contributed by atoms with van der Waals surface area (Å²) < 4.78 is 0. The van der Waals surface area contributed by atoms with E-state index in [0.29, 0.717) is 0 Å². The van der Waals surface area contributed by atoms with Crippen molar-refractivity contribution in [2.75, 3.05) is 0 Å². The molecule has 1 heterocycles. The summed E-state index contributed by atoms with van der Waals surface area (Å²) in [7, 11) is 0. The van der Waals surface area contributed by atoms with Gasteiger partial charge in [0.2, 0.25) is 0 Å². The third-order valence-corrected chi connectivity index (χ3v) is 0.620. The smallest absolute Gasteiger partial charge is 0.171 e. The van der Waals surface area contributed by atoms with Gasteiger partial charge in [-0.1, -0.05) is 0 Å². The zero-order chi connectivity index (χ0) is 5.11. The first-order chi connectivity index (χ1) is 3.39. The average molecular weight is 97.1 g/mol. The number of hydrogen-bond acceptors (Lipinski definition) is 3. The van der Waals surface area contributed by atoms with Crippen LogP contribution in [0.2, 0.25) is 0 Å². The summed E-state index contributed by atoms with van der Waals surface area (Å²) in [5, 5.41) is 11.0. The SMILES string of the molecule is OC1C=CN=[C]N1. The van der Waals surface area contributed by atoms with Gasteiger partial charge in [0.05, 0.1) is 0 Å². The number of nitrogens with one attached hydrogen (secondary N) is 1. The summed E-state index contributed by atoms with van der Waals surface area (Å²) in [6, 6.07) is 0. The number of hydrogen-bond donors (Lipinski definition) is 2. The van der Waals surface area contributed by atoms with Gasteiger partial charge < -0.3 is 10.4 Å². The predicted octanol–water partition coefficient (Wildman–Crippen LogP) is -0.673. The van der Waals surface area contributed by atoms with Crippen molar-refractivity contribution in [2.45, 2.75) is 6.23 Å². The fourth-order valence-electron chi connectivity index (χ4n) is 0.313. The lowest BCUT2D eigenvalue weighted by Crippen LogP contribution is -2.26. The Morgan fingerprint density at radius 1 is 1.86 bits per heavy atom. The molecule has 0 amide bonds. The molecule has 0 aromatic heterocycles. The molecule has 1 rings (SSSR count). The monoisotopic (exact) mass is 97.0 g/mol. The molecule has 0 aromatic carbocycles.